The Hall–Kier alpha value is -0.710. The number of carboxylic acids is 1. The van der Waals surface area contributed by atoms with E-state index in [2.05, 4.69) is 0 Å². The Bertz CT molecular complexity index is 1030. The van der Waals surface area contributed by atoms with E-state index in [0.717, 1.165) is 24.0 Å². The summed E-state index contributed by atoms with van der Waals surface area (Å²) in [7, 11) is 0. The molecule has 1 saturated heterocycles. The maximum absolute atomic E-state index is 11.2. The number of ether oxygens (including phenoxy) is 2. The van der Waals surface area contributed by atoms with Gasteiger partial charge in [0.2, 0.25) is 6.29 Å². The Morgan fingerprint density at radius 1 is 1.21 bits per heavy atom. The van der Waals surface area contributed by atoms with Crippen molar-refractivity contribution >= 4 is 5.97 Å². The predicted molar refractivity (Wildman–Crippen MR) is 109 cm³/mol. The Kier molecular flexibility index (Phi) is 6.14. The van der Waals surface area contributed by atoms with Crippen LogP contribution in [0.25, 0.3) is 0 Å². The molecule has 0 amide bonds. The first-order valence-electron chi connectivity index (χ1n) is 12.7. The first-order valence-corrected chi connectivity index (χ1v) is 11.2. The van der Waals surface area contributed by atoms with Crippen LogP contribution in [0, 0.1) is 17.3 Å². The second-order valence-electron chi connectivity index (χ2n) is 9.80. The number of fused-ring (bicyclic) bond motifs is 5. The van der Waals surface area contributed by atoms with Gasteiger partial charge < -0.3 is 39.8 Å². The van der Waals surface area contributed by atoms with Crippen molar-refractivity contribution in [3.8, 4) is 5.75 Å². The quantitative estimate of drug-likeness (QED) is 0.338. The molecule has 2 saturated carbocycles. The van der Waals surface area contributed by atoms with E-state index in [-0.39, 0.29) is 53.7 Å². The van der Waals surface area contributed by atoms with Crippen LogP contribution >= 0.6 is 0 Å². The molecule has 0 unspecified atom stereocenters. The average molecular weight is 474 g/mol. The normalized spacial score (nSPS) is 49.2. The number of aliphatic carboxylic acids is 1. The fourth-order valence-corrected chi connectivity index (χ4v) is 6.31. The van der Waals surface area contributed by atoms with E-state index >= 15 is 0 Å². The molecule has 0 spiro atoms. The van der Waals surface area contributed by atoms with Crippen LogP contribution in [0.3, 0.4) is 0 Å². The number of benzene rings is 1. The van der Waals surface area contributed by atoms with Gasteiger partial charge in [0.05, 0.1) is 13.4 Å². The molecule has 9 heteroatoms. The van der Waals surface area contributed by atoms with E-state index in [4.69, 9.17) is 13.6 Å². The fourth-order valence-electron chi connectivity index (χ4n) is 6.31. The number of carboxylic acid groups (broad SMARTS) is 1. The molecule has 33 heavy (non-hydrogen) atoms. The zero-order valence-corrected chi connectivity index (χ0v) is 20.8. The van der Waals surface area contributed by atoms with Crippen molar-refractivity contribution in [2.45, 2.75) is 88.1 Å². The number of carbonyl (C=O) groups is 1. The van der Waals surface area contributed by atoms with E-state index in [1.165, 1.54) is 0 Å². The summed E-state index contributed by atoms with van der Waals surface area (Å²) >= 11 is 0. The Morgan fingerprint density at radius 3 is 2.70 bits per heavy atom. The van der Waals surface area contributed by atoms with E-state index < -0.39 is 54.5 Å². The van der Waals surface area contributed by atoms with Gasteiger partial charge in [-0.1, -0.05) is 13.0 Å². The number of aliphatic hydroxyl groups excluding tert-OH is 3. The van der Waals surface area contributed by atoms with Crippen LogP contribution in [0.5, 0.6) is 5.75 Å². The molecule has 176 valence electrons. The predicted octanol–water partition coefficient (Wildman–Crippen LogP) is -3.16. The topological polar surface area (TPSA) is 140 Å². The zero-order valence-electron chi connectivity index (χ0n) is 21.8. The standard InChI is InChI=1S/C24H32O8.Na/c1-24-9-8-14-13-5-3-12(10-11(13)2-4-15(14)16(24)6-7-17(24)25)31-23-20(28)18(26)19(27)21(32-23)22(29)30;/h3,5,10,14-21,23,25-28H,2,4,6-9H2,1H3,(H,29,30);/q;+1/p-1/t14-,15-,16+,17+,18+,19+,20-,21+,23-,24+;/m1./s1/i7D2,17D;. The number of rotatable bonds is 3. The fraction of sp³-hybridized carbons (Fsp3) is 0.708. The second-order valence-corrected chi connectivity index (χ2v) is 9.80. The molecule has 4 N–H and O–H groups in total. The minimum absolute atomic E-state index is 0. The van der Waals surface area contributed by atoms with Gasteiger partial charge in [0, 0.05) is 2.74 Å². The molecule has 0 radical (unpaired) electrons. The van der Waals surface area contributed by atoms with E-state index in [9.17, 15) is 30.3 Å². The van der Waals surface area contributed by atoms with Crippen molar-refractivity contribution < 1.29 is 73.5 Å². The minimum atomic E-state index is -2.13. The van der Waals surface area contributed by atoms with Crippen LogP contribution in [0.15, 0.2) is 18.2 Å². The van der Waals surface area contributed by atoms with Crippen LogP contribution in [0.1, 0.15) is 60.1 Å². The third kappa shape index (κ3) is 4.16. The van der Waals surface area contributed by atoms with Gasteiger partial charge in [0.15, 0.2) is 0 Å². The molecule has 1 heterocycles. The maximum atomic E-state index is 11.2. The summed E-state index contributed by atoms with van der Waals surface area (Å²) in [6, 6.07) is 5.36. The first kappa shape index (κ1) is 21.6. The van der Waals surface area contributed by atoms with Crippen molar-refractivity contribution in [2.24, 2.45) is 17.3 Å². The molecule has 0 bridgehead atoms. The summed E-state index contributed by atoms with van der Waals surface area (Å²) in [5, 5.41) is 52.1. The van der Waals surface area contributed by atoms with Gasteiger partial charge in [0.25, 0.3) is 0 Å². The average Bonchev–Trinajstić information content (AvgIpc) is 2.94. The van der Waals surface area contributed by atoms with Crippen molar-refractivity contribution in [3.63, 3.8) is 0 Å². The van der Waals surface area contributed by atoms with Crippen molar-refractivity contribution in [3.05, 3.63) is 29.3 Å². The van der Waals surface area contributed by atoms with Crippen molar-refractivity contribution in [2.75, 3.05) is 0 Å². The van der Waals surface area contributed by atoms with Gasteiger partial charge in [-0.15, -0.1) is 0 Å². The molecule has 1 aromatic carbocycles. The number of carbonyl (C=O) groups excluding carboxylic acids is 1. The third-order valence-electron chi connectivity index (χ3n) is 8.17. The number of hydrogen-bond donors (Lipinski definition) is 4. The molecule has 1 aromatic rings. The second kappa shape index (κ2) is 9.39. The van der Waals surface area contributed by atoms with Crippen molar-refractivity contribution in [1.82, 2.24) is 0 Å². The summed E-state index contributed by atoms with van der Waals surface area (Å²) in [6.45, 7) is 1.85. The minimum Gasteiger partial charge on any atom is -0.547 e. The molecular formula is C24H31NaO8. The van der Waals surface area contributed by atoms with E-state index in [1.54, 1.807) is 12.1 Å². The first-order chi connectivity index (χ1) is 16.3. The van der Waals surface area contributed by atoms with E-state index in [0.29, 0.717) is 18.6 Å². The Morgan fingerprint density at radius 2 is 1.97 bits per heavy atom. The molecule has 4 aliphatic rings. The maximum Gasteiger partial charge on any atom is 1.00 e. The Labute approximate surface area is 219 Å². The Balaban J connectivity index is 0.00000304. The molecule has 3 fully saturated rings. The van der Waals surface area contributed by atoms with Gasteiger partial charge >= 0.3 is 29.6 Å². The molecule has 5 rings (SSSR count). The summed E-state index contributed by atoms with van der Waals surface area (Å²) in [4.78, 5) is 11.2. The number of aryl methyl sites for hydroxylation is 1. The number of hydrogen-bond acceptors (Lipinski definition) is 8. The summed E-state index contributed by atoms with van der Waals surface area (Å²) in [5.74, 6) is -1.22. The smallest absolute Gasteiger partial charge is 0.547 e. The van der Waals surface area contributed by atoms with Crippen LogP contribution in [0.2, 0.25) is 0 Å². The molecular weight excluding hydrogens is 439 g/mol. The summed E-state index contributed by atoms with van der Waals surface area (Å²) < 4.78 is 35.9. The van der Waals surface area contributed by atoms with Gasteiger partial charge in [-0.05, 0) is 84.9 Å². The van der Waals surface area contributed by atoms with Crippen molar-refractivity contribution in [1.29, 1.82) is 0 Å². The van der Waals surface area contributed by atoms with Crippen LogP contribution < -0.4 is 39.4 Å². The molecule has 3 aliphatic carbocycles. The number of aliphatic hydroxyl groups is 4. The zero-order chi connectivity index (χ0) is 25.5. The molecule has 0 aromatic heterocycles. The van der Waals surface area contributed by atoms with Gasteiger partial charge in [-0.3, -0.25) is 0 Å². The van der Waals surface area contributed by atoms with E-state index in [1.807, 2.05) is 13.0 Å². The summed E-state index contributed by atoms with van der Waals surface area (Å²) in [5.41, 5.74) is 1.30. The summed E-state index contributed by atoms with van der Waals surface area (Å²) in [6.07, 6.45) is -9.89. The van der Waals surface area contributed by atoms with Gasteiger partial charge in [-0.2, -0.15) is 0 Å². The molecule has 8 nitrogen and oxygen atoms in total. The molecule has 1 aliphatic heterocycles. The van der Waals surface area contributed by atoms with Gasteiger partial charge in [0.1, 0.15) is 30.2 Å². The largest absolute Gasteiger partial charge is 1.00 e. The SMILES string of the molecule is [2H]C1([2H])C[C@H]2[C@@H]3CCc4cc(O[C@@H]5O[C@H](C(=O)[O-])[C@@H](O)[C@H](O)[C@H]5O)ccc4[C@H]3CC[C@]2(C)[C@@]1([2H])O.[Na+]. The molecule has 10 atom stereocenters. The van der Waals surface area contributed by atoms with Crippen LogP contribution in [-0.2, 0) is 16.0 Å². The van der Waals surface area contributed by atoms with Gasteiger partial charge in [-0.25, -0.2) is 0 Å². The van der Waals surface area contributed by atoms with Crippen LogP contribution in [-0.4, -0.2) is 63.2 Å². The van der Waals surface area contributed by atoms with Crippen LogP contribution in [0.4, 0.5) is 0 Å². The third-order valence-corrected chi connectivity index (χ3v) is 8.17. The monoisotopic (exact) mass is 473 g/mol.